The van der Waals surface area contributed by atoms with Gasteiger partial charge in [-0.05, 0) is 38.8 Å². The zero-order chi connectivity index (χ0) is 14.7. The summed E-state index contributed by atoms with van der Waals surface area (Å²) in [6.07, 6.45) is 8.82. The van der Waals surface area contributed by atoms with E-state index in [1.54, 1.807) is 0 Å². The van der Waals surface area contributed by atoms with E-state index in [1.807, 2.05) is 0 Å². The predicted molar refractivity (Wildman–Crippen MR) is 79.3 cm³/mol. The normalized spacial score (nSPS) is 23.4. The van der Waals surface area contributed by atoms with Crippen LogP contribution in [0.15, 0.2) is 12.4 Å². The van der Waals surface area contributed by atoms with Crippen LogP contribution in [-0.4, -0.2) is 52.0 Å². The van der Waals surface area contributed by atoms with Gasteiger partial charge in [-0.1, -0.05) is 6.42 Å². The van der Waals surface area contributed by atoms with E-state index in [2.05, 4.69) is 19.8 Å². The minimum absolute atomic E-state index is 0.0504. The molecule has 21 heavy (non-hydrogen) atoms. The highest BCUT2D eigenvalue weighted by Crippen LogP contribution is 2.24. The first kappa shape index (κ1) is 14.2. The zero-order valence-corrected chi connectivity index (χ0v) is 12.1. The third-order valence-corrected chi connectivity index (χ3v) is 4.39. The number of likely N-dealkylation sites (tertiary alicyclic amines) is 1. The molecular formula is C14H21N5O2. The quantitative estimate of drug-likeness (QED) is 0.622. The lowest BCUT2D eigenvalue weighted by Crippen LogP contribution is -2.43. The first-order valence-corrected chi connectivity index (χ1v) is 7.69. The van der Waals surface area contributed by atoms with Crippen LogP contribution in [0.1, 0.15) is 32.1 Å². The van der Waals surface area contributed by atoms with Gasteiger partial charge in [0.2, 0.25) is 5.95 Å². The molecule has 2 fully saturated rings. The molecule has 3 heterocycles. The Labute approximate surface area is 124 Å². The van der Waals surface area contributed by atoms with E-state index in [4.69, 9.17) is 0 Å². The Morgan fingerprint density at radius 1 is 1.14 bits per heavy atom. The predicted octanol–water partition coefficient (Wildman–Crippen LogP) is 1.84. The van der Waals surface area contributed by atoms with Crippen LogP contribution in [0.4, 0.5) is 11.6 Å². The summed E-state index contributed by atoms with van der Waals surface area (Å²) >= 11 is 0. The van der Waals surface area contributed by atoms with Crippen LogP contribution in [0.3, 0.4) is 0 Å². The molecule has 2 aliphatic heterocycles. The molecule has 0 saturated carbocycles. The van der Waals surface area contributed by atoms with Crippen molar-refractivity contribution in [2.24, 2.45) is 0 Å². The third kappa shape index (κ3) is 3.29. The van der Waals surface area contributed by atoms with Gasteiger partial charge in [0, 0.05) is 19.1 Å². The maximum absolute atomic E-state index is 10.7. The lowest BCUT2D eigenvalue weighted by molar-refractivity contribution is -0.385. The van der Waals surface area contributed by atoms with E-state index >= 15 is 0 Å². The van der Waals surface area contributed by atoms with E-state index in [-0.39, 0.29) is 5.69 Å². The van der Waals surface area contributed by atoms with Gasteiger partial charge >= 0.3 is 5.69 Å². The zero-order valence-electron chi connectivity index (χ0n) is 12.1. The fourth-order valence-electron chi connectivity index (χ4n) is 3.29. The van der Waals surface area contributed by atoms with Crippen LogP contribution in [0.25, 0.3) is 0 Å². The van der Waals surface area contributed by atoms with Crippen LogP contribution in [0, 0.1) is 10.1 Å². The smallest absolute Gasteiger partial charge is 0.305 e. The Balaban J connectivity index is 1.66. The maximum Gasteiger partial charge on any atom is 0.305 e. The molecule has 0 N–H and O–H groups in total. The number of anilines is 1. The molecule has 1 aromatic heterocycles. The molecule has 0 bridgehead atoms. The van der Waals surface area contributed by atoms with Gasteiger partial charge in [-0.2, -0.15) is 0 Å². The van der Waals surface area contributed by atoms with Gasteiger partial charge in [0.15, 0.2) is 0 Å². The standard InChI is InChI=1S/C14H21N5O2/c20-19(21)13-9-15-14(16-10-13)18-8-4-5-12(18)11-17-6-2-1-3-7-17/h9-10,12H,1-8,11H2. The molecule has 1 unspecified atom stereocenters. The average Bonchev–Trinajstić information content (AvgIpc) is 2.96. The SMILES string of the molecule is O=[N+]([O-])c1cnc(N2CCCC2CN2CCCCC2)nc1. The van der Waals surface area contributed by atoms with Gasteiger partial charge in [-0.3, -0.25) is 10.1 Å². The molecule has 0 aromatic carbocycles. The second-order valence-corrected chi connectivity index (χ2v) is 5.85. The monoisotopic (exact) mass is 291 g/mol. The van der Waals surface area contributed by atoms with Crippen molar-refractivity contribution in [2.45, 2.75) is 38.1 Å². The van der Waals surface area contributed by atoms with E-state index < -0.39 is 4.92 Å². The largest absolute Gasteiger partial charge is 0.337 e. The molecule has 3 rings (SSSR count). The number of hydrogen-bond donors (Lipinski definition) is 0. The van der Waals surface area contributed by atoms with Crippen LogP contribution in [0.5, 0.6) is 0 Å². The Morgan fingerprint density at radius 2 is 1.86 bits per heavy atom. The fraction of sp³-hybridized carbons (Fsp3) is 0.714. The highest BCUT2D eigenvalue weighted by molar-refractivity contribution is 5.36. The van der Waals surface area contributed by atoms with E-state index in [0.717, 1.165) is 25.9 Å². The van der Waals surface area contributed by atoms with Crippen LogP contribution < -0.4 is 4.90 Å². The van der Waals surface area contributed by atoms with Crippen molar-refractivity contribution in [1.82, 2.24) is 14.9 Å². The Bertz CT molecular complexity index is 487. The number of nitro groups is 1. The number of nitrogens with zero attached hydrogens (tertiary/aromatic N) is 5. The first-order chi connectivity index (χ1) is 10.2. The van der Waals surface area contributed by atoms with Crippen molar-refractivity contribution in [3.8, 4) is 0 Å². The van der Waals surface area contributed by atoms with Gasteiger partial charge in [-0.25, -0.2) is 9.97 Å². The van der Waals surface area contributed by atoms with Crippen molar-refractivity contribution < 1.29 is 4.92 Å². The lowest BCUT2D eigenvalue weighted by atomic mass is 10.1. The van der Waals surface area contributed by atoms with Gasteiger partial charge in [0.1, 0.15) is 12.4 Å². The molecule has 2 aliphatic rings. The minimum Gasteiger partial charge on any atom is -0.337 e. The fourth-order valence-corrected chi connectivity index (χ4v) is 3.29. The number of aromatic nitrogens is 2. The van der Waals surface area contributed by atoms with Gasteiger partial charge < -0.3 is 9.80 Å². The summed E-state index contributed by atoms with van der Waals surface area (Å²) < 4.78 is 0. The molecule has 0 radical (unpaired) electrons. The molecule has 7 nitrogen and oxygen atoms in total. The van der Waals surface area contributed by atoms with Crippen LogP contribution in [0.2, 0.25) is 0 Å². The number of rotatable bonds is 4. The third-order valence-electron chi connectivity index (χ3n) is 4.39. The highest BCUT2D eigenvalue weighted by Gasteiger charge is 2.29. The summed E-state index contributed by atoms with van der Waals surface area (Å²) in [6, 6.07) is 0.435. The molecule has 2 saturated heterocycles. The van der Waals surface area contributed by atoms with Crippen LogP contribution in [-0.2, 0) is 0 Å². The van der Waals surface area contributed by atoms with E-state index in [1.165, 1.54) is 44.7 Å². The van der Waals surface area contributed by atoms with Crippen molar-refractivity contribution >= 4 is 11.6 Å². The summed E-state index contributed by atoms with van der Waals surface area (Å²) in [4.78, 5) is 23.3. The van der Waals surface area contributed by atoms with E-state index in [9.17, 15) is 10.1 Å². The molecule has 1 atom stereocenters. The molecule has 1 aromatic rings. The maximum atomic E-state index is 10.7. The minimum atomic E-state index is -0.459. The molecule has 7 heteroatoms. The average molecular weight is 291 g/mol. The Kier molecular flexibility index (Phi) is 4.28. The molecular weight excluding hydrogens is 270 g/mol. The summed E-state index contributed by atoms with van der Waals surface area (Å²) in [5, 5.41) is 10.7. The van der Waals surface area contributed by atoms with Crippen molar-refractivity contribution in [2.75, 3.05) is 31.1 Å². The van der Waals surface area contributed by atoms with Crippen molar-refractivity contribution in [1.29, 1.82) is 0 Å². The van der Waals surface area contributed by atoms with E-state index in [0.29, 0.717) is 12.0 Å². The summed E-state index contributed by atoms with van der Waals surface area (Å²) in [5.74, 6) is 0.625. The van der Waals surface area contributed by atoms with Crippen molar-refractivity contribution in [3.05, 3.63) is 22.5 Å². The number of piperidine rings is 1. The summed E-state index contributed by atoms with van der Waals surface area (Å²) in [6.45, 7) is 4.37. The topological polar surface area (TPSA) is 75.4 Å². The highest BCUT2D eigenvalue weighted by atomic mass is 16.6. The molecule has 0 aliphatic carbocycles. The first-order valence-electron chi connectivity index (χ1n) is 7.69. The summed E-state index contributed by atoms with van der Waals surface area (Å²) in [7, 11) is 0. The lowest BCUT2D eigenvalue weighted by Gasteiger charge is -2.32. The second kappa shape index (κ2) is 6.34. The van der Waals surface area contributed by atoms with Gasteiger partial charge in [0.25, 0.3) is 0 Å². The molecule has 0 spiro atoms. The van der Waals surface area contributed by atoms with Crippen LogP contribution >= 0.6 is 0 Å². The number of hydrogen-bond acceptors (Lipinski definition) is 6. The Morgan fingerprint density at radius 3 is 2.52 bits per heavy atom. The van der Waals surface area contributed by atoms with Crippen molar-refractivity contribution in [3.63, 3.8) is 0 Å². The Hall–Kier alpha value is -1.76. The molecule has 114 valence electrons. The van der Waals surface area contributed by atoms with Gasteiger partial charge in [0.05, 0.1) is 4.92 Å². The second-order valence-electron chi connectivity index (χ2n) is 5.85. The summed E-state index contributed by atoms with van der Waals surface area (Å²) in [5.41, 5.74) is -0.0504. The van der Waals surface area contributed by atoms with Gasteiger partial charge in [-0.15, -0.1) is 0 Å². The molecule has 0 amide bonds.